The lowest BCUT2D eigenvalue weighted by molar-refractivity contribution is 0.354. The first-order valence-corrected chi connectivity index (χ1v) is 11.0. The lowest BCUT2D eigenvalue weighted by Crippen LogP contribution is -2.30. The maximum Gasteiger partial charge on any atom is 0.228 e. The van der Waals surface area contributed by atoms with Gasteiger partial charge in [0.25, 0.3) is 0 Å². The molecule has 0 saturated carbocycles. The number of aromatic hydroxyl groups is 1. The van der Waals surface area contributed by atoms with Gasteiger partial charge in [-0.1, -0.05) is 42.5 Å². The van der Waals surface area contributed by atoms with Crippen molar-refractivity contribution >= 4 is 0 Å². The van der Waals surface area contributed by atoms with Crippen molar-refractivity contribution in [3.63, 3.8) is 0 Å². The summed E-state index contributed by atoms with van der Waals surface area (Å²) in [6, 6.07) is 20.9. The Morgan fingerprint density at radius 2 is 1.79 bits per heavy atom. The molecule has 3 aromatic carbocycles. The molecule has 1 aromatic heterocycles. The predicted molar refractivity (Wildman–Crippen MR) is 127 cm³/mol. The van der Waals surface area contributed by atoms with Crippen LogP contribution in [0.25, 0.3) is 0 Å². The van der Waals surface area contributed by atoms with Crippen LogP contribution < -0.4 is 19.7 Å². The molecule has 7 nitrogen and oxygen atoms in total. The molecule has 4 aromatic rings. The maximum atomic E-state index is 9.98. The first kappa shape index (κ1) is 21.6. The smallest absolute Gasteiger partial charge is 0.228 e. The number of nitrogens with zero attached hydrogens (tertiary/aromatic N) is 2. The van der Waals surface area contributed by atoms with Gasteiger partial charge >= 0.3 is 0 Å². The minimum absolute atomic E-state index is 0.126. The fourth-order valence-electron chi connectivity index (χ4n) is 4.40. The zero-order valence-electron chi connectivity index (χ0n) is 19.0. The van der Waals surface area contributed by atoms with Gasteiger partial charge in [-0.3, -0.25) is 5.41 Å². The van der Waals surface area contributed by atoms with Gasteiger partial charge in [0.15, 0.2) is 11.5 Å². The fourth-order valence-corrected chi connectivity index (χ4v) is 4.40. The molecule has 0 amide bonds. The summed E-state index contributed by atoms with van der Waals surface area (Å²) in [5.74, 6) is 2.20. The van der Waals surface area contributed by atoms with Gasteiger partial charge in [-0.15, -0.1) is 0 Å². The van der Waals surface area contributed by atoms with Gasteiger partial charge in [-0.2, -0.15) is 0 Å². The Balaban J connectivity index is 1.53. The van der Waals surface area contributed by atoms with Crippen molar-refractivity contribution < 1.29 is 19.3 Å². The van der Waals surface area contributed by atoms with E-state index in [0.29, 0.717) is 47.1 Å². The van der Waals surface area contributed by atoms with Crippen molar-refractivity contribution in [2.24, 2.45) is 0 Å². The summed E-state index contributed by atoms with van der Waals surface area (Å²) in [4.78, 5) is 4.55. The van der Waals surface area contributed by atoms with Crippen LogP contribution in [0.1, 0.15) is 28.2 Å². The standard InChI is InChI=1S/C27H25N3O4/c1-32-21-11-8-17(14-23(21)33-2)12-13-30-16-29-27-25(26(30)28)24(18-6-4-3-5-7-18)20-10-9-19(31)15-22(20)34-27/h3-11,14-16,24,28,31H,12-13H2,1-2H3/t24-/m1/s1. The van der Waals surface area contributed by atoms with Crippen LogP contribution in [-0.2, 0) is 13.0 Å². The zero-order chi connectivity index (χ0) is 23.7. The highest BCUT2D eigenvalue weighted by Gasteiger charge is 2.32. The highest BCUT2D eigenvalue weighted by Crippen LogP contribution is 2.45. The van der Waals surface area contributed by atoms with E-state index in [9.17, 15) is 5.11 Å². The van der Waals surface area contributed by atoms with Gasteiger partial charge < -0.3 is 23.9 Å². The average molecular weight is 456 g/mol. The number of benzene rings is 3. The van der Waals surface area contributed by atoms with Crippen LogP contribution in [0, 0.1) is 5.41 Å². The quantitative estimate of drug-likeness (QED) is 0.390. The van der Waals surface area contributed by atoms with E-state index in [4.69, 9.17) is 19.6 Å². The van der Waals surface area contributed by atoms with Crippen molar-refractivity contribution in [1.82, 2.24) is 9.55 Å². The van der Waals surface area contributed by atoms with Crippen molar-refractivity contribution in [1.29, 1.82) is 5.41 Å². The number of methoxy groups -OCH3 is 2. The van der Waals surface area contributed by atoms with E-state index in [1.165, 1.54) is 0 Å². The molecule has 0 fully saturated rings. The molecular weight excluding hydrogens is 430 g/mol. The summed E-state index contributed by atoms with van der Waals surface area (Å²) < 4.78 is 18.6. The SMILES string of the molecule is COc1ccc(CCn2cnc3c(c2=N)[C@H](c2ccccc2)c2ccc(O)cc2O3)cc1OC. The number of aromatic nitrogens is 2. The highest BCUT2D eigenvalue weighted by atomic mass is 16.5. The second-order valence-electron chi connectivity index (χ2n) is 8.11. The van der Waals surface area contributed by atoms with Gasteiger partial charge in [0.2, 0.25) is 5.88 Å². The molecule has 0 unspecified atom stereocenters. The summed E-state index contributed by atoms with van der Waals surface area (Å²) >= 11 is 0. The summed E-state index contributed by atoms with van der Waals surface area (Å²) in [6.45, 7) is 0.568. The van der Waals surface area contributed by atoms with Gasteiger partial charge in [0.05, 0.1) is 19.8 Å². The molecule has 1 atom stereocenters. The van der Waals surface area contributed by atoms with Crippen molar-refractivity contribution in [3.05, 3.63) is 101 Å². The molecule has 0 aliphatic carbocycles. The largest absolute Gasteiger partial charge is 0.508 e. The molecule has 2 N–H and O–H groups in total. The Kier molecular flexibility index (Phi) is 5.67. The number of aryl methyl sites for hydroxylation is 2. The Morgan fingerprint density at radius 1 is 1.00 bits per heavy atom. The number of hydrogen-bond acceptors (Lipinski definition) is 6. The molecule has 1 aliphatic rings. The number of rotatable bonds is 6. The summed E-state index contributed by atoms with van der Waals surface area (Å²) in [7, 11) is 3.23. The lowest BCUT2D eigenvalue weighted by Gasteiger charge is -2.28. The number of hydrogen-bond donors (Lipinski definition) is 2. The molecule has 0 bridgehead atoms. The van der Waals surface area contributed by atoms with E-state index in [1.54, 1.807) is 32.7 Å². The van der Waals surface area contributed by atoms with Crippen LogP contribution in [0.4, 0.5) is 0 Å². The number of ether oxygens (including phenoxy) is 3. The first-order chi connectivity index (χ1) is 16.6. The fraction of sp³-hybridized carbons (Fsp3) is 0.185. The number of nitrogens with one attached hydrogen (secondary N) is 1. The molecule has 0 radical (unpaired) electrons. The van der Waals surface area contributed by atoms with E-state index in [-0.39, 0.29) is 11.7 Å². The van der Waals surface area contributed by atoms with Gasteiger partial charge in [-0.05, 0) is 35.7 Å². The van der Waals surface area contributed by atoms with Crippen molar-refractivity contribution in [3.8, 4) is 28.9 Å². The Morgan fingerprint density at radius 3 is 2.56 bits per heavy atom. The third-order valence-electron chi connectivity index (χ3n) is 6.11. The summed E-state index contributed by atoms with van der Waals surface area (Å²) in [5, 5.41) is 19.0. The van der Waals surface area contributed by atoms with Crippen molar-refractivity contribution in [2.45, 2.75) is 18.9 Å². The molecule has 7 heteroatoms. The molecule has 5 rings (SSSR count). The third-order valence-corrected chi connectivity index (χ3v) is 6.11. The molecule has 2 heterocycles. The van der Waals surface area contributed by atoms with Crippen molar-refractivity contribution in [2.75, 3.05) is 14.2 Å². The van der Waals surface area contributed by atoms with Crippen LogP contribution in [0.5, 0.6) is 28.9 Å². The lowest BCUT2D eigenvalue weighted by atomic mass is 9.84. The van der Waals surface area contributed by atoms with Crippen LogP contribution in [0.15, 0.2) is 73.1 Å². The third kappa shape index (κ3) is 3.85. The summed E-state index contributed by atoms with van der Waals surface area (Å²) in [6.07, 6.45) is 2.33. The molecule has 0 saturated heterocycles. The Bertz CT molecular complexity index is 1400. The monoisotopic (exact) mass is 455 g/mol. The predicted octanol–water partition coefficient (Wildman–Crippen LogP) is 4.61. The first-order valence-electron chi connectivity index (χ1n) is 11.0. The maximum absolute atomic E-state index is 9.98. The van der Waals surface area contributed by atoms with Crippen LogP contribution in [-0.4, -0.2) is 28.9 Å². The van der Waals surface area contributed by atoms with Crippen LogP contribution in [0.3, 0.4) is 0 Å². The second-order valence-corrected chi connectivity index (χ2v) is 8.11. The zero-order valence-corrected chi connectivity index (χ0v) is 19.0. The van der Waals surface area contributed by atoms with Gasteiger partial charge in [0.1, 0.15) is 23.3 Å². The molecule has 34 heavy (non-hydrogen) atoms. The van der Waals surface area contributed by atoms with E-state index in [1.807, 2.05) is 59.2 Å². The molecule has 172 valence electrons. The minimum Gasteiger partial charge on any atom is -0.508 e. The number of phenolic OH excluding ortho intramolecular Hbond substituents is 1. The van der Waals surface area contributed by atoms with E-state index in [2.05, 4.69) is 4.98 Å². The molecule has 1 aliphatic heterocycles. The highest BCUT2D eigenvalue weighted by molar-refractivity contribution is 5.57. The van der Waals surface area contributed by atoms with Gasteiger partial charge in [0, 0.05) is 24.1 Å². The Hall–Kier alpha value is -4.26. The number of fused-ring (bicyclic) bond motifs is 2. The second kappa shape index (κ2) is 8.94. The Labute approximate surface area is 197 Å². The number of phenols is 1. The molecule has 0 spiro atoms. The van der Waals surface area contributed by atoms with Crippen LogP contribution >= 0.6 is 0 Å². The van der Waals surface area contributed by atoms with E-state index < -0.39 is 0 Å². The molecular formula is C27H25N3O4. The van der Waals surface area contributed by atoms with E-state index >= 15 is 0 Å². The average Bonchev–Trinajstić information content (AvgIpc) is 2.87. The summed E-state index contributed by atoms with van der Waals surface area (Å²) in [5.41, 5.74) is 4.05. The normalized spacial score (nSPS) is 14.0. The minimum atomic E-state index is -0.228. The topological polar surface area (TPSA) is 89.6 Å². The van der Waals surface area contributed by atoms with E-state index in [0.717, 1.165) is 16.7 Å². The van der Waals surface area contributed by atoms with Crippen LogP contribution in [0.2, 0.25) is 0 Å². The van der Waals surface area contributed by atoms with Gasteiger partial charge in [-0.25, -0.2) is 4.98 Å².